The van der Waals surface area contributed by atoms with Crippen LogP contribution in [-0.4, -0.2) is 0 Å². The Kier molecular flexibility index (Phi) is 2.80. The van der Waals surface area contributed by atoms with Gasteiger partial charge in [0, 0.05) is 11.3 Å². The summed E-state index contributed by atoms with van der Waals surface area (Å²) in [7, 11) is 0. The van der Waals surface area contributed by atoms with Gasteiger partial charge in [-0.3, -0.25) is 0 Å². The first-order valence-electron chi connectivity index (χ1n) is 9.49. The van der Waals surface area contributed by atoms with Gasteiger partial charge in [0.25, 0.3) is 0 Å². The molecule has 0 amide bonds. The van der Waals surface area contributed by atoms with Gasteiger partial charge in [0.15, 0.2) is 0 Å². The van der Waals surface area contributed by atoms with Gasteiger partial charge in [-0.1, -0.05) is 85.0 Å². The molecule has 0 radical (unpaired) electrons. The van der Waals surface area contributed by atoms with E-state index in [2.05, 4.69) is 85.0 Å². The summed E-state index contributed by atoms with van der Waals surface area (Å²) in [6.07, 6.45) is 9.74. The third kappa shape index (κ3) is 1.65. The zero-order valence-corrected chi connectivity index (χ0v) is 14.9. The molecule has 27 heavy (non-hydrogen) atoms. The zero-order chi connectivity index (χ0) is 18.0. The van der Waals surface area contributed by atoms with E-state index in [-0.39, 0.29) is 5.41 Å². The van der Waals surface area contributed by atoms with E-state index in [1.165, 1.54) is 44.5 Å². The molecule has 0 aliphatic heterocycles. The fraction of sp³-hybridized carbons (Fsp3) is 0.0769. The molecule has 6 rings (SSSR count). The molecule has 0 heterocycles. The van der Waals surface area contributed by atoms with Crippen molar-refractivity contribution < 1.29 is 0 Å². The maximum absolute atomic E-state index is 6.53. The predicted molar refractivity (Wildman–Crippen MR) is 112 cm³/mol. The van der Waals surface area contributed by atoms with E-state index >= 15 is 0 Å². The molecule has 0 saturated heterocycles. The van der Waals surface area contributed by atoms with Crippen molar-refractivity contribution >= 4 is 11.3 Å². The third-order valence-corrected chi connectivity index (χ3v) is 6.33. The fourth-order valence-corrected chi connectivity index (χ4v) is 5.41. The molecule has 0 unspecified atom stereocenters. The van der Waals surface area contributed by atoms with E-state index in [1.54, 1.807) is 0 Å². The number of allylic oxidation sites excluding steroid dienone is 6. The molecule has 3 aliphatic carbocycles. The number of hydrogen-bond acceptors (Lipinski definition) is 1. The normalized spacial score (nSPS) is 17.5. The van der Waals surface area contributed by atoms with Crippen LogP contribution in [0.1, 0.15) is 28.7 Å². The molecular formula is C26H19N. The molecule has 1 spiro atoms. The first-order chi connectivity index (χ1) is 13.3. The van der Waals surface area contributed by atoms with E-state index in [0.717, 1.165) is 12.1 Å². The Morgan fingerprint density at radius 3 is 2.11 bits per heavy atom. The van der Waals surface area contributed by atoms with Gasteiger partial charge in [-0.2, -0.15) is 0 Å². The average Bonchev–Trinajstić information content (AvgIpc) is 3.02. The molecule has 3 aliphatic rings. The number of anilines is 1. The van der Waals surface area contributed by atoms with Crippen LogP contribution in [0, 0.1) is 0 Å². The van der Waals surface area contributed by atoms with Crippen molar-refractivity contribution in [1.82, 2.24) is 0 Å². The number of rotatable bonds is 0. The van der Waals surface area contributed by atoms with Crippen LogP contribution in [0.5, 0.6) is 0 Å². The van der Waals surface area contributed by atoms with E-state index in [9.17, 15) is 0 Å². The van der Waals surface area contributed by atoms with Crippen LogP contribution >= 0.6 is 0 Å². The van der Waals surface area contributed by atoms with Gasteiger partial charge in [0.05, 0.1) is 5.41 Å². The number of fused-ring (bicyclic) bond motifs is 9. The van der Waals surface area contributed by atoms with Gasteiger partial charge in [0.2, 0.25) is 0 Å². The van der Waals surface area contributed by atoms with Crippen molar-refractivity contribution in [3.8, 4) is 11.1 Å². The van der Waals surface area contributed by atoms with Gasteiger partial charge in [-0.15, -0.1) is 0 Å². The van der Waals surface area contributed by atoms with Crippen LogP contribution in [0.25, 0.3) is 16.7 Å². The second-order valence-electron chi connectivity index (χ2n) is 7.49. The van der Waals surface area contributed by atoms with Crippen molar-refractivity contribution in [3.63, 3.8) is 0 Å². The number of benzene rings is 3. The van der Waals surface area contributed by atoms with Crippen molar-refractivity contribution in [3.05, 3.63) is 119 Å². The molecule has 0 bridgehead atoms. The van der Waals surface area contributed by atoms with Crippen LogP contribution in [0.4, 0.5) is 5.69 Å². The summed E-state index contributed by atoms with van der Waals surface area (Å²) >= 11 is 0. The summed E-state index contributed by atoms with van der Waals surface area (Å²) in [5.74, 6) is 0. The monoisotopic (exact) mass is 345 g/mol. The van der Waals surface area contributed by atoms with Crippen molar-refractivity contribution in [2.24, 2.45) is 0 Å². The topological polar surface area (TPSA) is 26.0 Å². The Hall–Kier alpha value is -3.32. The summed E-state index contributed by atoms with van der Waals surface area (Å²) < 4.78 is 0. The summed E-state index contributed by atoms with van der Waals surface area (Å²) in [4.78, 5) is 0. The highest BCUT2D eigenvalue weighted by Gasteiger charge is 2.52. The highest BCUT2D eigenvalue weighted by atomic mass is 14.6. The van der Waals surface area contributed by atoms with Gasteiger partial charge in [-0.05, 0) is 51.5 Å². The summed E-state index contributed by atoms with van der Waals surface area (Å²) in [5, 5.41) is 0. The molecule has 1 heteroatoms. The van der Waals surface area contributed by atoms with Crippen LogP contribution < -0.4 is 5.73 Å². The molecule has 1 nitrogen and oxygen atoms in total. The number of nitrogen functional groups attached to an aromatic ring is 1. The van der Waals surface area contributed by atoms with Crippen LogP contribution in [-0.2, 0) is 5.41 Å². The van der Waals surface area contributed by atoms with Gasteiger partial charge in [-0.25, -0.2) is 0 Å². The maximum Gasteiger partial charge on any atom is 0.0692 e. The second-order valence-corrected chi connectivity index (χ2v) is 7.49. The standard InChI is InChI=1S/C26H19N/c27-24-16-8-15-23-25(24)19-11-2-1-3-12-22(19)26(23)20-13-6-4-9-17(20)18-10-5-7-14-21(18)26/h1-11,13-16H,12,27H2. The van der Waals surface area contributed by atoms with E-state index < -0.39 is 0 Å². The van der Waals surface area contributed by atoms with Crippen LogP contribution in [0.3, 0.4) is 0 Å². The first kappa shape index (κ1) is 14.8. The molecule has 3 aromatic rings. The summed E-state index contributed by atoms with van der Waals surface area (Å²) in [6, 6.07) is 24.2. The quantitative estimate of drug-likeness (QED) is 0.507. The number of hydrogen-bond donors (Lipinski definition) is 1. The van der Waals surface area contributed by atoms with Crippen LogP contribution in [0.15, 0.2) is 96.6 Å². The molecule has 0 saturated carbocycles. The molecule has 3 aromatic carbocycles. The fourth-order valence-electron chi connectivity index (χ4n) is 5.41. The van der Waals surface area contributed by atoms with Gasteiger partial charge in [0.1, 0.15) is 0 Å². The van der Waals surface area contributed by atoms with E-state index in [1.807, 2.05) is 6.07 Å². The van der Waals surface area contributed by atoms with Crippen LogP contribution in [0.2, 0.25) is 0 Å². The Labute approximate surface area is 159 Å². The lowest BCUT2D eigenvalue weighted by atomic mass is 9.69. The highest BCUT2D eigenvalue weighted by molar-refractivity contribution is 5.99. The maximum atomic E-state index is 6.53. The second kappa shape index (κ2) is 5.11. The van der Waals surface area contributed by atoms with Crippen molar-refractivity contribution in [1.29, 1.82) is 0 Å². The highest BCUT2D eigenvalue weighted by Crippen LogP contribution is 2.63. The van der Waals surface area contributed by atoms with Gasteiger partial charge >= 0.3 is 0 Å². The zero-order valence-electron chi connectivity index (χ0n) is 14.9. The molecular weight excluding hydrogens is 326 g/mol. The van der Waals surface area contributed by atoms with E-state index in [4.69, 9.17) is 5.73 Å². The Bertz CT molecular complexity index is 1160. The molecule has 0 aromatic heterocycles. The first-order valence-corrected chi connectivity index (χ1v) is 9.49. The summed E-state index contributed by atoms with van der Waals surface area (Å²) in [6.45, 7) is 0. The van der Waals surface area contributed by atoms with Crippen molar-refractivity contribution in [2.45, 2.75) is 11.8 Å². The Balaban J connectivity index is 1.85. The van der Waals surface area contributed by atoms with Gasteiger partial charge < -0.3 is 5.73 Å². The predicted octanol–water partition coefficient (Wildman–Crippen LogP) is 5.87. The molecule has 128 valence electrons. The van der Waals surface area contributed by atoms with E-state index in [0.29, 0.717) is 0 Å². The minimum absolute atomic E-state index is 0.244. The molecule has 2 N–H and O–H groups in total. The molecule has 0 atom stereocenters. The Morgan fingerprint density at radius 2 is 1.37 bits per heavy atom. The lowest BCUT2D eigenvalue weighted by Gasteiger charge is -2.32. The third-order valence-electron chi connectivity index (χ3n) is 6.33. The largest absolute Gasteiger partial charge is 0.398 e. The molecule has 0 fully saturated rings. The minimum Gasteiger partial charge on any atom is -0.398 e. The SMILES string of the molecule is Nc1cccc2c1C1=C(CC=CC=C1)C21c2ccccc2-c2ccccc21. The lowest BCUT2D eigenvalue weighted by molar-refractivity contribution is 0.747. The summed E-state index contributed by atoms with van der Waals surface area (Å²) in [5.41, 5.74) is 17.9. The average molecular weight is 345 g/mol. The smallest absolute Gasteiger partial charge is 0.0692 e. The number of nitrogens with two attached hydrogens (primary N) is 1. The Morgan fingerprint density at radius 1 is 0.704 bits per heavy atom. The van der Waals surface area contributed by atoms with Crippen molar-refractivity contribution in [2.75, 3.05) is 5.73 Å². The minimum atomic E-state index is -0.244. The lowest BCUT2D eigenvalue weighted by Crippen LogP contribution is -2.27.